The summed E-state index contributed by atoms with van der Waals surface area (Å²) in [7, 11) is 0. The van der Waals surface area contributed by atoms with Crippen LogP contribution in [0, 0.1) is 13.8 Å². The molecule has 162 valence electrons. The zero-order valence-electron chi connectivity index (χ0n) is 16.2. The van der Waals surface area contributed by atoms with Gasteiger partial charge >= 0.3 is 11.9 Å². The first-order valence-electron chi connectivity index (χ1n) is 8.77. The molecule has 0 bridgehead atoms. The van der Waals surface area contributed by atoms with Crippen molar-refractivity contribution in [2.75, 3.05) is 13.2 Å². The van der Waals surface area contributed by atoms with Gasteiger partial charge in [-0.1, -0.05) is 0 Å². The number of aliphatic hydroxyl groups is 3. The van der Waals surface area contributed by atoms with Crippen LogP contribution in [0.5, 0.6) is 23.0 Å². The number of benzene rings is 2. The van der Waals surface area contributed by atoms with E-state index >= 15 is 0 Å². The quantitative estimate of drug-likeness (QED) is 0.272. The van der Waals surface area contributed by atoms with Crippen molar-refractivity contribution in [3.05, 3.63) is 46.5 Å². The van der Waals surface area contributed by atoms with Crippen molar-refractivity contribution in [2.45, 2.75) is 26.1 Å². The number of hydrogen-bond donors (Lipinski definition) is 6. The van der Waals surface area contributed by atoms with Gasteiger partial charge in [-0.05, 0) is 37.1 Å². The lowest BCUT2D eigenvalue weighted by Crippen LogP contribution is -2.34. The third kappa shape index (κ3) is 5.17. The zero-order valence-corrected chi connectivity index (χ0v) is 16.2. The molecule has 0 aromatic heterocycles. The van der Waals surface area contributed by atoms with Crippen LogP contribution >= 0.6 is 0 Å². The van der Waals surface area contributed by atoms with E-state index in [0.717, 1.165) is 12.1 Å². The molecule has 30 heavy (non-hydrogen) atoms. The number of hydrogen-bond acceptors (Lipinski definition) is 10. The molecule has 0 spiro atoms. The van der Waals surface area contributed by atoms with Crippen LogP contribution < -0.4 is 4.74 Å². The van der Waals surface area contributed by atoms with Crippen molar-refractivity contribution in [3.8, 4) is 23.0 Å². The summed E-state index contributed by atoms with van der Waals surface area (Å²) in [6.45, 7) is 1.59. The number of phenolic OH excluding ortho intramolecular Hbond substituents is 3. The normalized spacial score (nSPS) is 12.8. The van der Waals surface area contributed by atoms with E-state index in [-0.39, 0.29) is 33.8 Å². The van der Waals surface area contributed by atoms with Gasteiger partial charge in [0.1, 0.15) is 52.9 Å². The van der Waals surface area contributed by atoms with Gasteiger partial charge < -0.3 is 40.1 Å². The zero-order chi connectivity index (χ0) is 22.6. The molecule has 2 aromatic carbocycles. The van der Waals surface area contributed by atoms with Crippen molar-refractivity contribution in [1.82, 2.24) is 0 Å². The van der Waals surface area contributed by atoms with Crippen LogP contribution in [-0.2, 0) is 4.74 Å². The lowest BCUT2D eigenvalue weighted by Gasteiger charge is -2.16. The second-order valence-electron chi connectivity index (χ2n) is 6.60. The molecule has 0 aliphatic rings. The van der Waals surface area contributed by atoms with E-state index < -0.39 is 48.9 Å². The van der Waals surface area contributed by atoms with Crippen LogP contribution in [0.25, 0.3) is 0 Å². The number of rotatable bonds is 7. The van der Waals surface area contributed by atoms with Crippen molar-refractivity contribution in [1.29, 1.82) is 0 Å². The summed E-state index contributed by atoms with van der Waals surface area (Å²) >= 11 is 0. The van der Waals surface area contributed by atoms with E-state index in [1.807, 2.05) is 0 Å². The molecule has 0 aliphatic heterocycles. The fourth-order valence-corrected chi connectivity index (χ4v) is 2.70. The van der Waals surface area contributed by atoms with Gasteiger partial charge in [0.05, 0.1) is 6.61 Å². The maximum atomic E-state index is 12.4. The van der Waals surface area contributed by atoms with E-state index in [1.54, 1.807) is 0 Å². The van der Waals surface area contributed by atoms with Crippen LogP contribution in [0.15, 0.2) is 24.3 Å². The summed E-state index contributed by atoms with van der Waals surface area (Å²) in [6, 6.07) is 4.52. The number of esters is 2. The standard InChI is InChI=1S/C20H22O10/c1-9-3-11(22)5-13(23)18(9)20(28)30-12-4-10(2)17(14(24)6-12)19(27)29-8-16(26)15(25)7-21/h3-6,15-16,21-26H,7-8H2,1-2H3/t15-,16+/m1/s1. The molecule has 0 fully saturated rings. The fraction of sp³-hybridized carbons (Fsp3) is 0.300. The molecule has 6 N–H and O–H groups in total. The van der Waals surface area contributed by atoms with E-state index in [4.69, 9.17) is 14.6 Å². The van der Waals surface area contributed by atoms with Gasteiger partial charge in [0.2, 0.25) is 0 Å². The molecule has 0 saturated heterocycles. The van der Waals surface area contributed by atoms with Crippen LogP contribution in [0.4, 0.5) is 0 Å². The average molecular weight is 422 g/mol. The molecule has 2 rings (SSSR count). The molecule has 0 unspecified atom stereocenters. The maximum absolute atomic E-state index is 12.4. The molecule has 10 heteroatoms. The Balaban J connectivity index is 2.18. The van der Waals surface area contributed by atoms with Gasteiger partial charge in [-0.2, -0.15) is 0 Å². The molecule has 2 aromatic rings. The van der Waals surface area contributed by atoms with E-state index in [0.29, 0.717) is 0 Å². The highest BCUT2D eigenvalue weighted by Crippen LogP contribution is 2.31. The van der Waals surface area contributed by atoms with Crippen molar-refractivity contribution < 1.29 is 49.7 Å². The summed E-state index contributed by atoms with van der Waals surface area (Å²) in [6.07, 6.45) is -3.00. The van der Waals surface area contributed by atoms with Crippen LogP contribution in [0.2, 0.25) is 0 Å². The highest BCUT2D eigenvalue weighted by molar-refractivity contribution is 5.97. The Kier molecular flexibility index (Phi) is 7.22. The minimum absolute atomic E-state index is 0.117. The monoisotopic (exact) mass is 422 g/mol. The van der Waals surface area contributed by atoms with Gasteiger partial charge in [-0.25, -0.2) is 9.59 Å². The average Bonchev–Trinajstić information content (AvgIpc) is 2.63. The smallest absolute Gasteiger partial charge is 0.347 e. The van der Waals surface area contributed by atoms with Crippen LogP contribution in [0.3, 0.4) is 0 Å². The predicted molar refractivity (Wildman–Crippen MR) is 102 cm³/mol. The molecule has 0 saturated carbocycles. The Morgan fingerprint density at radius 1 is 0.867 bits per heavy atom. The van der Waals surface area contributed by atoms with Gasteiger partial charge in [-0.15, -0.1) is 0 Å². The number of aliphatic hydroxyl groups excluding tert-OH is 3. The molecule has 0 heterocycles. The predicted octanol–water partition coefficient (Wildman–Crippen LogP) is 0.510. The Morgan fingerprint density at radius 2 is 1.43 bits per heavy atom. The number of carbonyl (C=O) groups is 2. The number of aryl methyl sites for hydroxylation is 2. The Morgan fingerprint density at radius 3 is 2.00 bits per heavy atom. The Labute approximate surface area is 171 Å². The van der Waals surface area contributed by atoms with E-state index in [2.05, 4.69) is 0 Å². The molecular formula is C20H22O10. The van der Waals surface area contributed by atoms with Crippen molar-refractivity contribution >= 4 is 11.9 Å². The maximum Gasteiger partial charge on any atom is 0.347 e. The molecule has 2 atom stereocenters. The second-order valence-corrected chi connectivity index (χ2v) is 6.60. The minimum Gasteiger partial charge on any atom is -0.508 e. The fourth-order valence-electron chi connectivity index (χ4n) is 2.70. The van der Waals surface area contributed by atoms with Gasteiger partial charge in [0.15, 0.2) is 0 Å². The van der Waals surface area contributed by atoms with Crippen LogP contribution in [0.1, 0.15) is 31.8 Å². The summed E-state index contributed by atoms with van der Waals surface area (Å²) < 4.78 is 9.97. The highest BCUT2D eigenvalue weighted by atomic mass is 16.5. The molecule has 0 aliphatic carbocycles. The van der Waals surface area contributed by atoms with Crippen LogP contribution in [-0.4, -0.2) is 68.0 Å². The summed E-state index contributed by atoms with van der Waals surface area (Å²) in [5.41, 5.74) is 0.0305. The first-order valence-corrected chi connectivity index (χ1v) is 8.77. The topological polar surface area (TPSA) is 174 Å². The van der Waals surface area contributed by atoms with E-state index in [9.17, 15) is 35.1 Å². The lowest BCUT2D eigenvalue weighted by molar-refractivity contribution is -0.0468. The number of carbonyl (C=O) groups excluding carboxylic acids is 2. The molecule has 10 nitrogen and oxygen atoms in total. The SMILES string of the molecule is Cc1cc(OC(=O)c2c(C)cc(O)cc2O)cc(O)c1C(=O)OC[C@H](O)[C@H](O)CO. The first kappa shape index (κ1) is 22.9. The second kappa shape index (κ2) is 9.44. The van der Waals surface area contributed by atoms with Gasteiger partial charge in [0, 0.05) is 12.1 Å². The minimum atomic E-state index is -1.51. The molecule has 0 amide bonds. The van der Waals surface area contributed by atoms with Crippen molar-refractivity contribution in [2.24, 2.45) is 0 Å². The number of aromatic hydroxyl groups is 3. The number of ether oxygens (including phenoxy) is 2. The van der Waals surface area contributed by atoms with E-state index in [1.165, 1.54) is 26.0 Å². The molecular weight excluding hydrogens is 400 g/mol. The Hall–Kier alpha value is -3.34. The summed E-state index contributed by atoms with van der Waals surface area (Å²) in [5, 5.41) is 57.0. The van der Waals surface area contributed by atoms with Gasteiger partial charge in [-0.3, -0.25) is 0 Å². The summed E-state index contributed by atoms with van der Waals surface area (Å²) in [4.78, 5) is 24.5. The molecule has 0 radical (unpaired) electrons. The van der Waals surface area contributed by atoms with Gasteiger partial charge in [0.25, 0.3) is 0 Å². The largest absolute Gasteiger partial charge is 0.508 e. The third-order valence-corrected chi connectivity index (χ3v) is 4.22. The third-order valence-electron chi connectivity index (χ3n) is 4.22. The highest BCUT2D eigenvalue weighted by Gasteiger charge is 2.23. The lowest BCUT2D eigenvalue weighted by atomic mass is 10.1. The Bertz CT molecular complexity index is 907. The summed E-state index contributed by atoms with van der Waals surface area (Å²) in [5.74, 6) is -3.34. The first-order chi connectivity index (χ1) is 14.0. The van der Waals surface area contributed by atoms with Crippen molar-refractivity contribution in [3.63, 3.8) is 0 Å². The number of phenols is 3.